The molecule has 1 aromatic heterocycles. The minimum Gasteiger partial charge on any atom is -0.497 e. The van der Waals surface area contributed by atoms with Gasteiger partial charge in [0.15, 0.2) is 5.96 Å². The van der Waals surface area contributed by atoms with Gasteiger partial charge in [-0.3, -0.25) is 9.67 Å². The van der Waals surface area contributed by atoms with Gasteiger partial charge in [0.25, 0.3) is 0 Å². The smallest absolute Gasteiger partial charge is 0.194 e. The molecule has 1 fully saturated rings. The third kappa shape index (κ3) is 6.31. The van der Waals surface area contributed by atoms with Gasteiger partial charge in [-0.1, -0.05) is 12.1 Å². The zero-order chi connectivity index (χ0) is 19.9. The van der Waals surface area contributed by atoms with E-state index in [1.165, 1.54) is 0 Å². The molecule has 160 valence electrons. The number of aryl methyl sites for hydroxylation is 1. The standard InChI is InChI=1S/C20H29N5O3.HI/c1-4-21-20(22-12-18(26)15-5-7-17(27-3)8-6-15)25-9-10-28-19(14-25)16-11-23-24(2)13-16;/h5-8,11,13,18-19,26H,4,9-10,12,14H2,1-3H3,(H,21,22);1H. The Morgan fingerprint density at radius 1 is 1.41 bits per heavy atom. The van der Waals surface area contributed by atoms with E-state index in [1.54, 1.807) is 11.8 Å². The fraction of sp³-hybridized carbons (Fsp3) is 0.500. The van der Waals surface area contributed by atoms with Crippen LogP contribution in [0.5, 0.6) is 5.75 Å². The highest BCUT2D eigenvalue weighted by Crippen LogP contribution is 2.22. The van der Waals surface area contributed by atoms with Gasteiger partial charge in [0.1, 0.15) is 11.9 Å². The van der Waals surface area contributed by atoms with E-state index in [1.807, 2.05) is 50.6 Å². The summed E-state index contributed by atoms with van der Waals surface area (Å²) in [6.07, 6.45) is 3.10. The fourth-order valence-corrected chi connectivity index (χ4v) is 3.18. The SMILES string of the molecule is CCNC(=NCC(O)c1ccc(OC)cc1)N1CCOC(c2cnn(C)c2)C1.I. The molecule has 1 aliphatic heterocycles. The summed E-state index contributed by atoms with van der Waals surface area (Å²) >= 11 is 0. The number of aliphatic hydroxyl groups is 1. The summed E-state index contributed by atoms with van der Waals surface area (Å²) in [7, 11) is 3.52. The molecule has 0 amide bonds. The lowest BCUT2D eigenvalue weighted by Crippen LogP contribution is -2.48. The molecule has 2 aromatic rings. The Balaban J connectivity index is 0.00000300. The molecule has 0 radical (unpaired) electrons. The number of ether oxygens (including phenoxy) is 2. The summed E-state index contributed by atoms with van der Waals surface area (Å²) in [6.45, 7) is 5.13. The predicted molar refractivity (Wildman–Crippen MR) is 123 cm³/mol. The van der Waals surface area contributed by atoms with E-state index < -0.39 is 6.10 Å². The molecular formula is C20H30IN5O3. The van der Waals surface area contributed by atoms with Gasteiger partial charge >= 0.3 is 0 Å². The van der Waals surface area contributed by atoms with Crippen LogP contribution in [-0.4, -0.2) is 65.6 Å². The molecule has 0 bridgehead atoms. The number of hydrogen-bond donors (Lipinski definition) is 2. The Labute approximate surface area is 188 Å². The topological polar surface area (TPSA) is 84.1 Å². The molecule has 1 saturated heterocycles. The summed E-state index contributed by atoms with van der Waals surface area (Å²) in [4.78, 5) is 6.84. The van der Waals surface area contributed by atoms with Crippen molar-refractivity contribution in [2.75, 3.05) is 39.9 Å². The largest absolute Gasteiger partial charge is 0.497 e. The Morgan fingerprint density at radius 3 is 2.79 bits per heavy atom. The Hall–Kier alpha value is -1.85. The number of morpholine rings is 1. The van der Waals surface area contributed by atoms with Gasteiger partial charge in [-0.15, -0.1) is 24.0 Å². The van der Waals surface area contributed by atoms with Crippen LogP contribution in [0.3, 0.4) is 0 Å². The number of aliphatic imine (C=N–C) groups is 1. The van der Waals surface area contributed by atoms with Crippen molar-refractivity contribution in [3.63, 3.8) is 0 Å². The number of rotatable bonds is 6. The molecular weight excluding hydrogens is 485 g/mol. The zero-order valence-corrected chi connectivity index (χ0v) is 19.4. The Bertz CT molecular complexity index is 781. The first-order valence-corrected chi connectivity index (χ1v) is 9.56. The molecule has 2 unspecified atom stereocenters. The number of nitrogens with one attached hydrogen (secondary N) is 1. The number of halogens is 1. The van der Waals surface area contributed by atoms with E-state index in [2.05, 4.69) is 20.3 Å². The Kier molecular flexibility index (Phi) is 9.18. The van der Waals surface area contributed by atoms with E-state index in [0.717, 1.165) is 35.9 Å². The molecule has 2 atom stereocenters. The summed E-state index contributed by atoms with van der Waals surface area (Å²) in [5, 5.41) is 18.1. The van der Waals surface area contributed by atoms with Crippen molar-refractivity contribution in [1.82, 2.24) is 20.0 Å². The minimum atomic E-state index is -0.672. The van der Waals surface area contributed by atoms with Crippen LogP contribution in [0.25, 0.3) is 0 Å². The average Bonchev–Trinajstić information content (AvgIpc) is 3.17. The van der Waals surface area contributed by atoms with Crippen LogP contribution < -0.4 is 10.1 Å². The van der Waals surface area contributed by atoms with Gasteiger partial charge in [-0.25, -0.2) is 0 Å². The van der Waals surface area contributed by atoms with Crippen LogP contribution >= 0.6 is 24.0 Å². The van der Waals surface area contributed by atoms with E-state index in [-0.39, 0.29) is 36.6 Å². The van der Waals surface area contributed by atoms with E-state index in [0.29, 0.717) is 13.2 Å². The van der Waals surface area contributed by atoms with Crippen molar-refractivity contribution in [2.24, 2.45) is 12.0 Å². The normalized spacial score (nSPS) is 18.1. The summed E-state index contributed by atoms with van der Waals surface area (Å²) < 4.78 is 12.9. The van der Waals surface area contributed by atoms with Gasteiger partial charge in [-0.2, -0.15) is 5.10 Å². The molecule has 9 heteroatoms. The number of nitrogens with zero attached hydrogens (tertiary/aromatic N) is 4. The third-order valence-electron chi connectivity index (χ3n) is 4.71. The van der Waals surface area contributed by atoms with Crippen LogP contribution in [-0.2, 0) is 11.8 Å². The Morgan fingerprint density at radius 2 is 2.17 bits per heavy atom. The number of benzene rings is 1. The molecule has 1 aromatic carbocycles. The highest BCUT2D eigenvalue weighted by molar-refractivity contribution is 14.0. The number of aliphatic hydroxyl groups excluding tert-OH is 1. The highest BCUT2D eigenvalue weighted by Gasteiger charge is 2.25. The van der Waals surface area contributed by atoms with Gasteiger partial charge in [0, 0.05) is 31.9 Å². The number of aromatic nitrogens is 2. The van der Waals surface area contributed by atoms with Crippen molar-refractivity contribution in [2.45, 2.75) is 19.1 Å². The van der Waals surface area contributed by atoms with Crippen molar-refractivity contribution < 1.29 is 14.6 Å². The van der Waals surface area contributed by atoms with Crippen molar-refractivity contribution in [3.8, 4) is 5.75 Å². The van der Waals surface area contributed by atoms with Crippen molar-refractivity contribution in [3.05, 3.63) is 47.8 Å². The molecule has 2 N–H and O–H groups in total. The van der Waals surface area contributed by atoms with Crippen LogP contribution in [0.15, 0.2) is 41.7 Å². The first-order valence-electron chi connectivity index (χ1n) is 9.56. The summed E-state index contributed by atoms with van der Waals surface area (Å²) in [5.41, 5.74) is 1.87. The third-order valence-corrected chi connectivity index (χ3v) is 4.71. The van der Waals surface area contributed by atoms with E-state index in [4.69, 9.17) is 9.47 Å². The van der Waals surface area contributed by atoms with Crippen molar-refractivity contribution >= 4 is 29.9 Å². The maximum atomic E-state index is 10.5. The molecule has 2 heterocycles. The van der Waals surface area contributed by atoms with Gasteiger partial charge in [-0.05, 0) is 24.6 Å². The monoisotopic (exact) mass is 515 g/mol. The summed E-state index contributed by atoms with van der Waals surface area (Å²) in [6, 6.07) is 7.40. The first-order chi connectivity index (χ1) is 13.6. The molecule has 29 heavy (non-hydrogen) atoms. The molecule has 0 aliphatic carbocycles. The molecule has 0 spiro atoms. The van der Waals surface area contributed by atoms with E-state index in [9.17, 15) is 5.11 Å². The lowest BCUT2D eigenvalue weighted by Gasteiger charge is -2.35. The minimum absolute atomic E-state index is 0. The maximum absolute atomic E-state index is 10.5. The second-order valence-corrected chi connectivity index (χ2v) is 6.74. The number of hydrogen-bond acceptors (Lipinski definition) is 5. The first kappa shape index (κ1) is 23.4. The molecule has 8 nitrogen and oxygen atoms in total. The van der Waals surface area contributed by atoms with Crippen LogP contribution in [0.2, 0.25) is 0 Å². The zero-order valence-electron chi connectivity index (χ0n) is 17.1. The lowest BCUT2D eigenvalue weighted by atomic mass is 10.1. The van der Waals surface area contributed by atoms with E-state index >= 15 is 0 Å². The highest BCUT2D eigenvalue weighted by atomic mass is 127. The van der Waals surface area contributed by atoms with Gasteiger partial charge in [0.2, 0.25) is 0 Å². The van der Waals surface area contributed by atoms with Crippen LogP contribution in [0.4, 0.5) is 0 Å². The second kappa shape index (κ2) is 11.4. The number of methoxy groups -OCH3 is 1. The van der Waals surface area contributed by atoms with Gasteiger partial charge in [0.05, 0.1) is 39.1 Å². The maximum Gasteiger partial charge on any atom is 0.194 e. The lowest BCUT2D eigenvalue weighted by molar-refractivity contribution is -0.00811. The number of guanidine groups is 1. The average molecular weight is 515 g/mol. The second-order valence-electron chi connectivity index (χ2n) is 6.74. The van der Waals surface area contributed by atoms with Crippen molar-refractivity contribution in [1.29, 1.82) is 0 Å². The fourth-order valence-electron chi connectivity index (χ4n) is 3.18. The molecule has 3 rings (SSSR count). The predicted octanol–water partition coefficient (Wildman–Crippen LogP) is 2.12. The molecule has 1 aliphatic rings. The quantitative estimate of drug-likeness (QED) is 0.349. The van der Waals surface area contributed by atoms with Gasteiger partial charge < -0.3 is 24.8 Å². The van der Waals surface area contributed by atoms with Crippen LogP contribution in [0.1, 0.15) is 30.3 Å². The summed E-state index contributed by atoms with van der Waals surface area (Å²) in [5.74, 6) is 1.55. The molecule has 0 saturated carbocycles. The van der Waals surface area contributed by atoms with Crippen LogP contribution in [0, 0.1) is 0 Å².